The lowest BCUT2D eigenvalue weighted by atomic mass is 10.2. The molecule has 0 unspecified atom stereocenters. The summed E-state index contributed by atoms with van der Waals surface area (Å²) in [5, 5.41) is 6.58. The fraction of sp³-hybridized carbons (Fsp3) is 0.0588. The van der Waals surface area contributed by atoms with Crippen molar-refractivity contribution in [2.45, 2.75) is 4.34 Å². The van der Waals surface area contributed by atoms with Gasteiger partial charge < -0.3 is 5.32 Å². The van der Waals surface area contributed by atoms with Gasteiger partial charge in [0, 0.05) is 5.69 Å². The van der Waals surface area contributed by atoms with Crippen LogP contribution in [0, 0.1) is 5.82 Å². The number of amides is 1. The number of aromatic nitrogens is 4. The van der Waals surface area contributed by atoms with E-state index in [-0.39, 0.29) is 17.3 Å². The molecule has 0 aliphatic rings. The van der Waals surface area contributed by atoms with Crippen molar-refractivity contribution in [1.29, 1.82) is 0 Å². The lowest BCUT2D eigenvalue weighted by Crippen LogP contribution is -2.14. The summed E-state index contributed by atoms with van der Waals surface area (Å²) in [5.74, 6) is -0.513. The van der Waals surface area contributed by atoms with Gasteiger partial charge in [0.2, 0.25) is 5.91 Å². The number of para-hydroxylation sites is 1. The van der Waals surface area contributed by atoms with Gasteiger partial charge in [-0.3, -0.25) is 4.79 Å². The Bertz CT molecular complexity index is 1030. The quantitative estimate of drug-likeness (QED) is 0.530. The van der Waals surface area contributed by atoms with Crippen molar-refractivity contribution in [3.8, 4) is 5.69 Å². The molecule has 1 N–H and O–H groups in total. The lowest BCUT2D eigenvalue weighted by Gasteiger charge is -2.07. The van der Waals surface area contributed by atoms with Gasteiger partial charge in [-0.05, 0) is 30.3 Å². The van der Waals surface area contributed by atoms with Gasteiger partial charge in [-0.2, -0.15) is 5.10 Å². The Hall–Kier alpha value is -2.78. The molecule has 0 aliphatic heterocycles. The third-order valence-corrected chi connectivity index (χ3v) is 5.68. The second-order valence-corrected chi connectivity index (χ2v) is 7.54. The monoisotopic (exact) mass is 385 g/mol. The first kappa shape index (κ1) is 16.7. The molecule has 6 nitrogen and oxygen atoms in total. The Labute approximate surface area is 156 Å². The van der Waals surface area contributed by atoms with Crippen LogP contribution in [-0.2, 0) is 4.79 Å². The Morgan fingerprint density at radius 3 is 2.92 bits per heavy atom. The summed E-state index contributed by atoms with van der Waals surface area (Å²) in [5.41, 5.74) is 1.58. The number of nitrogens with one attached hydrogen (secondary N) is 1. The zero-order valence-electron chi connectivity index (χ0n) is 13.3. The number of nitrogens with zero attached hydrogens (tertiary/aromatic N) is 4. The average Bonchev–Trinajstić information content (AvgIpc) is 3.29. The van der Waals surface area contributed by atoms with Gasteiger partial charge in [-0.15, -0.1) is 11.3 Å². The molecule has 0 radical (unpaired) electrons. The number of carbonyl (C=O) groups excluding carboxylic acids is 1. The summed E-state index contributed by atoms with van der Waals surface area (Å²) in [4.78, 5) is 20.4. The van der Waals surface area contributed by atoms with Gasteiger partial charge in [0.1, 0.15) is 18.3 Å². The van der Waals surface area contributed by atoms with Crippen LogP contribution in [0.1, 0.15) is 0 Å². The molecule has 0 spiro atoms. The maximum atomic E-state index is 14.2. The summed E-state index contributed by atoms with van der Waals surface area (Å²) in [6.45, 7) is 0. The number of benzene rings is 2. The normalized spacial score (nSPS) is 11.0. The highest BCUT2D eigenvalue weighted by Gasteiger charge is 2.10. The number of thiazole rings is 1. The van der Waals surface area contributed by atoms with Crippen molar-refractivity contribution in [1.82, 2.24) is 19.7 Å². The van der Waals surface area contributed by atoms with Gasteiger partial charge in [0.05, 0.1) is 16.0 Å². The van der Waals surface area contributed by atoms with Crippen molar-refractivity contribution >= 4 is 44.9 Å². The van der Waals surface area contributed by atoms with E-state index in [1.54, 1.807) is 23.5 Å². The van der Waals surface area contributed by atoms with E-state index in [2.05, 4.69) is 20.4 Å². The van der Waals surface area contributed by atoms with Crippen LogP contribution in [0.3, 0.4) is 0 Å². The average molecular weight is 385 g/mol. The number of carbonyl (C=O) groups is 1. The standard InChI is InChI=1S/C17H12FN5OS2/c18-12-7-11(5-6-14(12)23-10-19-9-20-23)21-16(24)8-25-17-22-13-3-1-2-4-15(13)26-17/h1-7,9-10H,8H2,(H,21,24). The summed E-state index contributed by atoms with van der Waals surface area (Å²) in [6.07, 6.45) is 2.74. The Balaban J connectivity index is 1.39. The molecule has 0 aliphatic carbocycles. The summed E-state index contributed by atoms with van der Waals surface area (Å²) >= 11 is 2.90. The van der Waals surface area contributed by atoms with Gasteiger partial charge in [-0.25, -0.2) is 19.0 Å². The molecular formula is C17H12FN5OS2. The highest BCUT2D eigenvalue weighted by molar-refractivity contribution is 8.01. The van der Waals surface area contributed by atoms with Gasteiger partial charge >= 0.3 is 0 Å². The number of halogens is 1. The van der Waals surface area contributed by atoms with Crippen LogP contribution in [-0.4, -0.2) is 31.4 Å². The van der Waals surface area contributed by atoms with E-state index in [0.29, 0.717) is 5.69 Å². The van der Waals surface area contributed by atoms with Crippen molar-refractivity contribution in [2.24, 2.45) is 0 Å². The zero-order valence-corrected chi connectivity index (χ0v) is 14.9. The minimum atomic E-state index is -0.493. The number of fused-ring (bicyclic) bond motifs is 1. The first-order chi connectivity index (χ1) is 12.7. The maximum Gasteiger partial charge on any atom is 0.234 e. The van der Waals surface area contributed by atoms with E-state index in [1.165, 1.54) is 35.2 Å². The molecule has 2 heterocycles. The Morgan fingerprint density at radius 2 is 2.15 bits per heavy atom. The molecule has 0 saturated carbocycles. The number of hydrogen-bond donors (Lipinski definition) is 1. The van der Waals surface area contributed by atoms with Crippen molar-refractivity contribution in [3.63, 3.8) is 0 Å². The first-order valence-electron chi connectivity index (χ1n) is 7.62. The van der Waals surface area contributed by atoms with Gasteiger partial charge in [-0.1, -0.05) is 23.9 Å². The molecule has 2 aromatic heterocycles. The van der Waals surface area contributed by atoms with Gasteiger partial charge in [0.15, 0.2) is 10.2 Å². The minimum absolute atomic E-state index is 0.201. The molecule has 1 amide bonds. The summed E-state index contributed by atoms with van der Waals surface area (Å²) in [6, 6.07) is 12.3. The number of hydrogen-bond acceptors (Lipinski definition) is 6. The molecule has 0 saturated heterocycles. The van der Waals surface area contributed by atoms with E-state index in [9.17, 15) is 9.18 Å². The fourth-order valence-electron chi connectivity index (χ4n) is 2.34. The minimum Gasteiger partial charge on any atom is -0.325 e. The molecule has 0 fully saturated rings. The molecule has 4 aromatic rings. The Morgan fingerprint density at radius 1 is 1.27 bits per heavy atom. The second kappa shape index (κ2) is 7.22. The van der Waals surface area contributed by atoms with E-state index < -0.39 is 5.82 Å². The highest BCUT2D eigenvalue weighted by atomic mass is 32.2. The summed E-state index contributed by atoms with van der Waals surface area (Å²) in [7, 11) is 0. The third kappa shape index (κ3) is 3.58. The molecular weight excluding hydrogens is 373 g/mol. The molecule has 0 atom stereocenters. The molecule has 4 rings (SSSR count). The topological polar surface area (TPSA) is 72.7 Å². The SMILES string of the molecule is O=C(CSc1nc2ccccc2s1)Nc1ccc(-n2cncn2)c(F)c1. The van der Waals surface area contributed by atoms with Crippen LogP contribution in [0.25, 0.3) is 15.9 Å². The van der Waals surface area contributed by atoms with E-state index >= 15 is 0 Å². The predicted octanol–water partition coefficient (Wildman–Crippen LogP) is 3.75. The first-order valence-corrected chi connectivity index (χ1v) is 9.42. The highest BCUT2D eigenvalue weighted by Crippen LogP contribution is 2.29. The second-order valence-electron chi connectivity index (χ2n) is 5.29. The third-order valence-electron chi connectivity index (χ3n) is 3.50. The van der Waals surface area contributed by atoms with Crippen LogP contribution in [0.4, 0.5) is 10.1 Å². The van der Waals surface area contributed by atoms with Crippen LogP contribution >= 0.6 is 23.1 Å². The van der Waals surface area contributed by atoms with Crippen molar-refractivity contribution in [3.05, 3.63) is 60.9 Å². The lowest BCUT2D eigenvalue weighted by molar-refractivity contribution is -0.113. The van der Waals surface area contributed by atoms with Crippen LogP contribution in [0.2, 0.25) is 0 Å². The van der Waals surface area contributed by atoms with Crippen LogP contribution in [0.5, 0.6) is 0 Å². The fourth-order valence-corrected chi connectivity index (χ4v) is 4.21. The molecule has 0 bridgehead atoms. The van der Waals surface area contributed by atoms with Crippen LogP contribution < -0.4 is 5.32 Å². The van der Waals surface area contributed by atoms with Crippen molar-refractivity contribution in [2.75, 3.05) is 11.1 Å². The van der Waals surface area contributed by atoms with Crippen LogP contribution in [0.15, 0.2) is 59.5 Å². The smallest absolute Gasteiger partial charge is 0.234 e. The number of anilines is 1. The zero-order chi connectivity index (χ0) is 17.9. The van der Waals surface area contributed by atoms with Gasteiger partial charge in [0.25, 0.3) is 0 Å². The molecule has 26 heavy (non-hydrogen) atoms. The van der Waals surface area contributed by atoms with E-state index in [1.807, 2.05) is 24.3 Å². The molecule has 130 valence electrons. The maximum absolute atomic E-state index is 14.2. The largest absolute Gasteiger partial charge is 0.325 e. The number of rotatable bonds is 5. The number of thioether (sulfide) groups is 1. The molecule has 9 heteroatoms. The van der Waals surface area contributed by atoms with E-state index in [4.69, 9.17) is 0 Å². The van der Waals surface area contributed by atoms with E-state index in [0.717, 1.165) is 14.6 Å². The summed E-state index contributed by atoms with van der Waals surface area (Å²) < 4.78 is 17.4. The Kier molecular flexibility index (Phi) is 4.63. The predicted molar refractivity (Wildman–Crippen MR) is 100 cm³/mol. The molecule has 2 aromatic carbocycles. The van der Waals surface area contributed by atoms with Crippen molar-refractivity contribution < 1.29 is 9.18 Å².